The Morgan fingerprint density at radius 3 is 2.83 bits per heavy atom. The van der Waals surface area contributed by atoms with Gasteiger partial charge < -0.3 is 10.8 Å². The molecule has 0 aliphatic heterocycles. The van der Waals surface area contributed by atoms with Crippen LogP contribution in [0.15, 0.2) is 23.1 Å². The highest BCUT2D eigenvalue weighted by Gasteiger charge is 1.98. The lowest BCUT2D eigenvalue weighted by Crippen LogP contribution is -1.92. The molecule has 3 N–H and O–H groups in total. The van der Waals surface area contributed by atoms with Gasteiger partial charge >= 0.3 is 0 Å². The van der Waals surface area contributed by atoms with Crippen LogP contribution in [-0.2, 0) is 0 Å². The minimum Gasteiger partial charge on any atom is -0.398 e. The number of aliphatic hydroxyl groups is 1. The Balaban J connectivity index is 2.72. The predicted octanol–water partition coefficient (Wildman–Crippen LogP) is 1.66. The zero-order valence-corrected chi connectivity index (χ0v) is 7.90. The molecule has 0 heterocycles. The zero-order chi connectivity index (χ0) is 8.97. The summed E-state index contributed by atoms with van der Waals surface area (Å²) in [6, 6.07) is 5.96. The molecule has 0 fully saturated rings. The fourth-order valence-electron chi connectivity index (χ4n) is 0.955. The van der Waals surface area contributed by atoms with Gasteiger partial charge in [0.15, 0.2) is 0 Å². The van der Waals surface area contributed by atoms with E-state index >= 15 is 0 Å². The number of nitrogens with two attached hydrogens (primary N) is 1. The zero-order valence-electron chi connectivity index (χ0n) is 7.08. The van der Waals surface area contributed by atoms with E-state index in [4.69, 9.17) is 10.8 Å². The molecule has 1 rings (SSSR count). The van der Waals surface area contributed by atoms with Crippen molar-refractivity contribution in [3.05, 3.63) is 23.8 Å². The number of thioether (sulfide) groups is 1. The maximum absolute atomic E-state index is 8.61. The van der Waals surface area contributed by atoms with E-state index in [9.17, 15) is 0 Å². The van der Waals surface area contributed by atoms with Gasteiger partial charge in [0.25, 0.3) is 0 Å². The molecule has 0 aromatic heterocycles. The van der Waals surface area contributed by atoms with Gasteiger partial charge in [0.1, 0.15) is 0 Å². The Morgan fingerprint density at radius 2 is 2.25 bits per heavy atom. The van der Waals surface area contributed by atoms with E-state index in [2.05, 4.69) is 0 Å². The van der Waals surface area contributed by atoms with E-state index in [0.29, 0.717) is 5.75 Å². The number of aryl methyl sites for hydroxylation is 1. The van der Waals surface area contributed by atoms with Crippen LogP contribution in [0.5, 0.6) is 0 Å². The number of rotatable bonds is 3. The quantitative estimate of drug-likeness (QED) is 0.553. The molecule has 0 saturated carbocycles. The minimum absolute atomic E-state index is 0.192. The third-order valence-electron chi connectivity index (χ3n) is 1.51. The van der Waals surface area contributed by atoms with E-state index < -0.39 is 0 Å². The van der Waals surface area contributed by atoms with Crippen molar-refractivity contribution in [2.24, 2.45) is 0 Å². The molecule has 0 atom stereocenters. The van der Waals surface area contributed by atoms with Crippen LogP contribution >= 0.6 is 11.8 Å². The SMILES string of the molecule is Cc1ccc(SCCO)c(N)c1. The molecule has 3 heteroatoms. The average Bonchev–Trinajstić information content (AvgIpc) is 2.03. The smallest absolute Gasteiger partial charge is 0.0525 e. The summed E-state index contributed by atoms with van der Waals surface area (Å²) < 4.78 is 0. The number of nitrogen functional groups attached to an aromatic ring is 1. The summed E-state index contributed by atoms with van der Waals surface area (Å²) in [5.41, 5.74) is 7.73. The highest BCUT2D eigenvalue weighted by Crippen LogP contribution is 2.25. The van der Waals surface area contributed by atoms with Gasteiger partial charge in [-0.3, -0.25) is 0 Å². The van der Waals surface area contributed by atoms with Gasteiger partial charge in [-0.25, -0.2) is 0 Å². The van der Waals surface area contributed by atoms with Crippen molar-refractivity contribution < 1.29 is 5.11 Å². The number of benzene rings is 1. The Labute approximate surface area is 76.8 Å². The molecular formula is C9H13NOS. The summed E-state index contributed by atoms with van der Waals surface area (Å²) in [6.07, 6.45) is 0. The number of hydrogen-bond donors (Lipinski definition) is 2. The van der Waals surface area contributed by atoms with E-state index in [1.54, 1.807) is 11.8 Å². The first-order chi connectivity index (χ1) is 5.74. The van der Waals surface area contributed by atoms with Crippen molar-refractivity contribution in [2.45, 2.75) is 11.8 Å². The van der Waals surface area contributed by atoms with Crippen LogP contribution in [0, 0.1) is 6.92 Å². The molecule has 0 unspecified atom stereocenters. The fraction of sp³-hybridized carbons (Fsp3) is 0.333. The number of hydrogen-bond acceptors (Lipinski definition) is 3. The molecule has 0 amide bonds. The van der Waals surface area contributed by atoms with E-state index in [0.717, 1.165) is 10.6 Å². The number of aliphatic hydroxyl groups excluding tert-OH is 1. The molecule has 0 saturated heterocycles. The van der Waals surface area contributed by atoms with Crippen molar-refractivity contribution in [1.29, 1.82) is 0 Å². The second kappa shape index (κ2) is 4.38. The van der Waals surface area contributed by atoms with Gasteiger partial charge in [-0.05, 0) is 24.6 Å². The molecule has 12 heavy (non-hydrogen) atoms. The van der Waals surface area contributed by atoms with E-state index in [1.807, 2.05) is 25.1 Å². The molecule has 0 bridgehead atoms. The van der Waals surface area contributed by atoms with Crippen molar-refractivity contribution in [1.82, 2.24) is 0 Å². The van der Waals surface area contributed by atoms with Crippen LogP contribution in [0.2, 0.25) is 0 Å². The Bertz CT molecular complexity index is 263. The molecule has 0 spiro atoms. The first kappa shape index (κ1) is 9.42. The Morgan fingerprint density at radius 1 is 1.50 bits per heavy atom. The summed E-state index contributed by atoms with van der Waals surface area (Å²) in [7, 11) is 0. The largest absolute Gasteiger partial charge is 0.398 e. The predicted molar refractivity (Wildman–Crippen MR) is 53.4 cm³/mol. The maximum atomic E-state index is 8.61. The minimum atomic E-state index is 0.192. The van der Waals surface area contributed by atoms with Crippen LogP contribution in [0.3, 0.4) is 0 Å². The highest BCUT2D eigenvalue weighted by molar-refractivity contribution is 7.99. The summed E-state index contributed by atoms with van der Waals surface area (Å²) in [5, 5.41) is 8.61. The van der Waals surface area contributed by atoms with Crippen LogP contribution in [0.1, 0.15) is 5.56 Å². The first-order valence-electron chi connectivity index (χ1n) is 3.84. The third kappa shape index (κ3) is 2.43. The normalized spacial score (nSPS) is 10.2. The lowest BCUT2D eigenvalue weighted by molar-refractivity contribution is 0.322. The number of anilines is 1. The molecule has 0 radical (unpaired) electrons. The second-order valence-corrected chi connectivity index (χ2v) is 3.75. The van der Waals surface area contributed by atoms with Gasteiger partial charge in [0, 0.05) is 16.3 Å². The molecule has 1 aromatic carbocycles. The van der Waals surface area contributed by atoms with Crippen LogP contribution in [0.4, 0.5) is 5.69 Å². The lowest BCUT2D eigenvalue weighted by Gasteiger charge is -2.04. The van der Waals surface area contributed by atoms with Crippen LogP contribution in [-0.4, -0.2) is 17.5 Å². The Kier molecular flexibility index (Phi) is 3.44. The van der Waals surface area contributed by atoms with Crippen molar-refractivity contribution >= 4 is 17.4 Å². The molecule has 66 valence electrons. The summed E-state index contributed by atoms with van der Waals surface area (Å²) in [5.74, 6) is 0.702. The van der Waals surface area contributed by atoms with Crippen molar-refractivity contribution in [3.8, 4) is 0 Å². The lowest BCUT2D eigenvalue weighted by atomic mass is 10.2. The van der Waals surface area contributed by atoms with Gasteiger partial charge in [0.2, 0.25) is 0 Å². The van der Waals surface area contributed by atoms with Crippen LogP contribution < -0.4 is 5.73 Å². The monoisotopic (exact) mass is 183 g/mol. The highest BCUT2D eigenvalue weighted by atomic mass is 32.2. The van der Waals surface area contributed by atoms with E-state index in [-0.39, 0.29) is 6.61 Å². The topological polar surface area (TPSA) is 46.2 Å². The molecule has 2 nitrogen and oxygen atoms in total. The molecule has 1 aromatic rings. The average molecular weight is 183 g/mol. The summed E-state index contributed by atoms with van der Waals surface area (Å²) >= 11 is 1.58. The molecular weight excluding hydrogens is 170 g/mol. The fourth-order valence-corrected chi connectivity index (χ4v) is 1.66. The van der Waals surface area contributed by atoms with E-state index in [1.165, 1.54) is 5.56 Å². The Hall–Kier alpha value is -0.670. The van der Waals surface area contributed by atoms with Crippen molar-refractivity contribution in [3.63, 3.8) is 0 Å². The summed E-state index contributed by atoms with van der Waals surface area (Å²) in [4.78, 5) is 1.05. The molecule has 0 aliphatic carbocycles. The standard InChI is InChI=1S/C9H13NOS/c1-7-2-3-9(8(10)6-7)12-5-4-11/h2-3,6,11H,4-5,10H2,1H3. The second-order valence-electron chi connectivity index (χ2n) is 2.61. The molecule has 0 aliphatic rings. The maximum Gasteiger partial charge on any atom is 0.0525 e. The van der Waals surface area contributed by atoms with Gasteiger partial charge in [-0.2, -0.15) is 0 Å². The van der Waals surface area contributed by atoms with Crippen molar-refractivity contribution in [2.75, 3.05) is 18.1 Å². The third-order valence-corrected chi connectivity index (χ3v) is 2.58. The van der Waals surface area contributed by atoms with Crippen LogP contribution in [0.25, 0.3) is 0 Å². The summed E-state index contributed by atoms with van der Waals surface area (Å²) in [6.45, 7) is 2.20. The van der Waals surface area contributed by atoms with Gasteiger partial charge in [-0.15, -0.1) is 11.8 Å². The first-order valence-corrected chi connectivity index (χ1v) is 4.82. The van der Waals surface area contributed by atoms with Gasteiger partial charge in [-0.1, -0.05) is 6.07 Å². The van der Waals surface area contributed by atoms with Gasteiger partial charge in [0.05, 0.1) is 6.61 Å².